The van der Waals surface area contributed by atoms with Crippen molar-refractivity contribution in [2.24, 2.45) is 0 Å². The first-order valence-electron chi connectivity index (χ1n) is 9.56. The highest BCUT2D eigenvalue weighted by Gasteiger charge is 2.12. The summed E-state index contributed by atoms with van der Waals surface area (Å²) in [6.45, 7) is 5.47. The van der Waals surface area contributed by atoms with Crippen molar-refractivity contribution in [3.8, 4) is 16.3 Å². The Hall–Kier alpha value is -2.26. The summed E-state index contributed by atoms with van der Waals surface area (Å²) in [6.07, 6.45) is 0. The van der Waals surface area contributed by atoms with E-state index >= 15 is 0 Å². The van der Waals surface area contributed by atoms with Gasteiger partial charge in [0.05, 0.1) is 13.2 Å². The fourth-order valence-electron chi connectivity index (χ4n) is 3.03. The fraction of sp³-hybridized carbons (Fsp3) is 0.333. The number of aromatic nitrogens is 1. The molecule has 0 spiro atoms. The molecule has 1 fully saturated rings. The van der Waals surface area contributed by atoms with Crippen LogP contribution in [0.1, 0.15) is 16.1 Å². The number of thiazole rings is 1. The predicted molar refractivity (Wildman–Crippen MR) is 116 cm³/mol. The first-order chi connectivity index (χ1) is 14.3. The number of amides is 1. The van der Waals surface area contributed by atoms with Gasteiger partial charge in [-0.1, -0.05) is 12.1 Å². The van der Waals surface area contributed by atoms with E-state index in [1.54, 1.807) is 16.7 Å². The van der Waals surface area contributed by atoms with Gasteiger partial charge >= 0.3 is 0 Å². The Labute approximate surface area is 178 Å². The third-order valence-corrected chi connectivity index (χ3v) is 6.21. The second kappa shape index (κ2) is 9.98. The number of nitrogens with zero attached hydrogens (tertiary/aromatic N) is 2. The summed E-state index contributed by atoms with van der Waals surface area (Å²) in [5, 5.41) is 9.65. The van der Waals surface area contributed by atoms with Gasteiger partial charge in [0, 0.05) is 42.5 Å². The van der Waals surface area contributed by atoms with Crippen LogP contribution in [0.2, 0.25) is 0 Å². The molecule has 1 aliphatic rings. The summed E-state index contributed by atoms with van der Waals surface area (Å²) in [7, 11) is 0. The summed E-state index contributed by atoms with van der Waals surface area (Å²) in [4.78, 5) is 19.2. The van der Waals surface area contributed by atoms with Crippen LogP contribution in [0, 0.1) is 0 Å². The second-order valence-electron chi connectivity index (χ2n) is 6.68. The van der Waals surface area contributed by atoms with Gasteiger partial charge in [-0.05, 0) is 29.1 Å². The van der Waals surface area contributed by atoms with Crippen molar-refractivity contribution in [3.63, 3.8) is 0 Å². The molecule has 1 aromatic carbocycles. The molecule has 0 bridgehead atoms. The molecule has 2 aromatic heterocycles. The highest BCUT2D eigenvalue weighted by atomic mass is 32.1. The number of benzene rings is 1. The fourth-order valence-corrected chi connectivity index (χ4v) is 4.54. The number of ether oxygens (including phenoxy) is 2. The van der Waals surface area contributed by atoms with Gasteiger partial charge in [-0.25, -0.2) is 4.98 Å². The Morgan fingerprint density at radius 3 is 2.97 bits per heavy atom. The largest absolute Gasteiger partial charge is 0.492 e. The number of carbonyl (C=O) groups excluding carboxylic acids is 1. The molecule has 4 rings (SSSR count). The average Bonchev–Trinajstić information content (AvgIpc) is 3.45. The highest BCUT2D eigenvalue weighted by Crippen LogP contribution is 2.25. The van der Waals surface area contributed by atoms with Crippen molar-refractivity contribution >= 4 is 28.6 Å². The zero-order valence-electron chi connectivity index (χ0n) is 16.0. The van der Waals surface area contributed by atoms with Crippen LogP contribution in [0.5, 0.6) is 5.75 Å². The second-order valence-corrected chi connectivity index (χ2v) is 8.32. The van der Waals surface area contributed by atoms with Crippen LogP contribution < -0.4 is 10.1 Å². The van der Waals surface area contributed by atoms with Gasteiger partial charge in [0.2, 0.25) is 0 Å². The summed E-state index contributed by atoms with van der Waals surface area (Å²) in [6, 6.07) is 9.85. The Bertz CT molecular complexity index is 921. The first kappa shape index (κ1) is 20.0. The molecule has 6 nitrogen and oxygen atoms in total. The normalized spacial score (nSPS) is 14.6. The maximum absolute atomic E-state index is 12.4. The van der Waals surface area contributed by atoms with Gasteiger partial charge in [-0.3, -0.25) is 9.69 Å². The summed E-state index contributed by atoms with van der Waals surface area (Å²) < 4.78 is 11.2. The summed E-state index contributed by atoms with van der Waals surface area (Å²) >= 11 is 3.10. The van der Waals surface area contributed by atoms with Gasteiger partial charge < -0.3 is 14.8 Å². The molecule has 0 aliphatic carbocycles. The number of hydrogen-bond acceptors (Lipinski definition) is 7. The minimum absolute atomic E-state index is 0.165. The van der Waals surface area contributed by atoms with Crippen molar-refractivity contribution in [3.05, 3.63) is 57.7 Å². The van der Waals surface area contributed by atoms with Crippen LogP contribution in [0.15, 0.2) is 46.5 Å². The molecule has 152 valence electrons. The van der Waals surface area contributed by atoms with Crippen LogP contribution in [0.3, 0.4) is 0 Å². The van der Waals surface area contributed by atoms with Crippen molar-refractivity contribution in [1.82, 2.24) is 15.2 Å². The Balaban J connectivity index is 1.26. The summed E-state index contributed by atoms with van der Waals surface area (Å²) in [5.41, 5.74) is 2.51. The number of nitrogens with one attached hydrogen (secondary N) is 1. The molecule has 1 N–H and O–H groups in total. The predicted octanol–water partition coefficient (Wildman–Crippen LogP) is 3.51. The van der Waals surface area contributed by atoms with Crippen molar-refractivity contribution in [2.45, 2.75) is 6.54 Å². The minimum atomic E-state index is -0.165. The first-order valence-corrected chi connectivity index (χ1v) is 11.4. The molecular formula is C21H23N3O3S2. The molecular weight excluding hydrogens is 406 g/mol. The van der Waals surface area contributed by atoms with E-state index < -0.39 is 0 Å². The molecule has 0 unspecified atom stereocenters. The van der Waals surface area contributed by atoms with Gasteiger partial charge in [-0.2, -0.15) is 11.3 Å². The number of rotatable bonds is 8. The van der Waals surface area contributed by atoms with E-state index in [2.05, 4.69) is 15.2 Å². The van der Waals surface area contributed by atoms with Gasteiger partial charge in [0.25, 0.3) is 5.91 Å². The monoisotopic (exact) mass is 429 g/mol. The molecule has 3 aromatic rings. The van der Waals surface area contributed by atoms with E-state index in [9.17, 15) is 4.79 Å². The maximum atomic E-state index is 12.4. The lowest BCUT2D eigenvalue weighted by atomic mass is 10.2. The lowest BCUT2D eigenvalue weighted by molar-refractivity contribution is 0.0322. The number of hydrogen-bond donors (Lipinski definition) is 1. The highest BCUT2D eigenvalue weighted by molar-refractivity contribution is 7.14. The lowest BCUT2D eigenvalue weighted by Gasteiger charge is -2.26. The van der Waals surface area contributed by atoms with E-state index in [-0.39, 0.29) is 5.91 Å². The molecule has 1 amide bonds. The maximum Gasteiger partial charge on any atom is 0.271 e. The van der Waals surface area contributed by atoms with E-state index in [0.717, 1.165) is 54.7 Å². The van der Waals surface area contributed by atoms with Gasteiger partial charge in [0.1, 0.15) is 23.1 Å². The third-order valence-electron chi connectivity index (χ3n) is 4.64. The summed E-state index contributed by atoms with van der Waals surface area (Å²) in [5.74, 6) is 0.653. The van der Waals surface area contributed by atoms with Crippen molar-refractivity contribution in [2.75, 3.05) is 39.5 Å². The topological polar surface area (TPSA) is 63.7 Å². The molecule has 0 atom stereocenters. The number of morpholine rings is 1. The Kier molecular flexibility index (Phi) is 6.89. The molecule has 8 heteroatoms. The van der Waals surface area contributed by atoms with Gasteiger partial charge in [-0.15, -0.1) is 11.3 Å². The minimum Gasteiger partial charge on any atom is -0.492 e. The van der Waals surface area contributed by atoms with E-state index in [1.165, 1.54) is 11.3 Å². The van der Waals surface area contributed by atoms with E-state index in [0.29, 0.717) is 18.8 Å². The Morgan fingerprint density at radius 2 is 2.14 bits per heavy atom. The number of carbonyl (C=O) groups is 1. The van der Waals surface area contributed by atoms with E-state index in [4.69, 9.17) is 9.47 Å². The zero-order chi connectivity index (χ0) is 19.9. The quantitative estimate of drug-likeness (QED) is 0.594. The van der Waals surface area contributed by atoms with Crippen molar-refractivity contribution in [1.29, 1.82) is 0 Å². The van der Waals surface area contributed by atoms with Crippen LogP contribution >= 0.6 is 22.7 Å². The molecule has 0 saturated carbocycles. The standard InChI is InChI=1S/C21H23N3O3S2/c25-20(19-15-29-21(23-19)17-4-11-28-14-17)22-13-16-2-1-3-18(12-16)27-10-7-24-5-8-26-9-6-24/h1-4,11-12,14-15H,5-10,13H2,(H,22,25). The van der Waals surface area contributed by atoms with Crippen LogP contribution in [-0.4, -0.2) is 55.2 Å². The molecule has 1 aliphatic heterocycles. The molecule has 29 heavy (non-hydrogen) atoms. The smallest absolute Gasteiger partial charge is 0.271 e. The van der Waals surface area contributed by atoms with Crippen LogP contribution in [-0.2, 0) is 11.3 Å². The number of thiophene rings is 1. The lowest BCUT2D eigenvalue weighted by Crippen LogP contribution is -2.38. The van der Waals surface area contributed by atoms with Crippen LogP contribution in [0.4, 0.5) is 0 Å². The Morgan fingerprint density at radius 1 is 1.24 bits per heavy atom. The van der Waals surface area contributed by atoms with Crippen LogP contribution in [0.25, 0.3) is 10.6 Å². The van der Waals surface area contributed by atoms with Gasteiger partial charge in [0.15, 0.2) is 0 Å². The van der Waals surface area contributed by atoms with Crippen molar-refractivity contribution < 1.29 is 14.3 Å². The van der Waals surface area contributed by atoms with E-state index in [1.807, 2.05) is 41.1 Å². The average molecular weight is 430 g/mol. The third kappa shape index (κ3) is 5.63. The zero-order valence-corrected chi connectivity index (χ0v) is 17.6. The molecule has 3 heterocycles. The SMILES string of the molecule is O=C(NCc1cccc(OCCN2CCOCC2)c1)c1csc(-c2ccsc2)n1. The molecule has 0 radical (unpaired) electrons. The molecule has 1 saturated heterocycles.